The first-order chi connectivity index (χ1) is 9.06. The fourth-order valence-electron chi connectivity index (χ4n) is 2.05. The van der Waals surface area contributed by atoms with Crippen molar-refractivity contribution < 1.29 is 8.78 Å². The molecule has 0 aliphatic carbocycles. The maximum absolute atomic E-state index is 13.7. The predicted molar refractivity (Wildman–Crippen MR) is 79.2 cm³/mol. The van der Waals surface area contributed by atoms with Gasteiger partial charge in [-0.15, -0.1) is 0 Å². The summed E-state index contributed by atoms with van der Waals surface area (Å²) in [5.41, 5.74) is 2.41. The van der Waals surface area contributed by atoms with Crippen molar-refractivity contribution >= 4 is 22.6 Å². The highest BCUT2D eigenvalue weighted by molar-refractivity contribution is 14.1. The monoisotopic (exact) mass is 376 g/mol. The average molecular weight is 376 g/mol. The molecule has 0 radical (unpaired) electrons. The summed E-state index contributed by atoms with van der Waals surface area (Å²) >= 11 is 2.27. The van der Waals surface area contributed by atoms with Crippen molar-refractivity contribution in [2.75, 3.05) is 0 Å². The third-order valence-corrected chi connectivity index (χ3v) is 4.30. The number of nitrogens with zero attached hydrogens (tertiary/aromatic N) is 2. The zero-order valence-electron chi connectivity index (χ0n) is 10.9. The Hall–Kier alpha value is -0.980. The molecule has 2 aromatic rings. The Morgan fingerprint density at radius 2 is 1.95 bits per heavy atom. The molecule has 2 rings (SSSR count). The second-order valence-electron chi connectivity index (χ2n) is 4.31. The molecule has 0 unspecified atom stereocenters. The van der Waals surface area contributed by atoms with E-state index in [1.54, 1.807) is 4.68 Å². The van der Waals surface area contributed by atoms with Crippen LogP contribution in [0.25, 0.3) is 0 Å². The van der Waals surface area contributed by atoms with Gasteiger partial charge in [-0.2, -0.15) is 5.10 Å². The minimum Gasteiger partial charge on any atom is -0.264 e. The molecular formula is C14H15F2IN2. The zero-order valence-corrected chi connectivity index (χ0v) is 13.0. The number of halogens is 3. The Labute approximate surface area is 125 Å². The fraction of sp³-hybridized carbons (Fsp3) is 0.357. The van der Waals surface area contributed by atoms with Gasteiger partial charge in [0.2, 0.25) is 0 Å². The molecule has 19 heavy (non-hydrogen) atoms. The molecule has 1 aromatic carbocycles. The van der Waals surface area contributed by atoms with E-state index in [0.29, 0.717) is 5.56 Å². The van der Waals surface area contributed by atoms with Crippen molar-refractivity contribution in [3.05, 3.63) is 50.4 Å². The Morgan fingerprint density at radius 1 is 1.21 bits per heavy atom. The van der Waals surface area contributed by atoms with Gasteiger partial charge in [0, 0.05) is 5.56 Å². The first-order valence-corrected chi connectivity index (χ1v) is 7.32. The lowest BCUT2D eigenvalue weighted by atomic mass is 10.2. The van der Waals surface area contributed by atoms with Crippen molar-refractivity contribution in [1.82, 2.24) is 9.78 Å². The highest BCUT2D eigenvalue weighted by Gasteiger charge is 2.14. The quantitative estimate of drug-likeness (QED) is 0.740. The van der Waals surface area contributed by atoms with Gasteiger partial charge in [-0.05, 0) is 53.6 Å². The van der Waals surface area contributed by atoms with E-state index in [1.807, 2.05) is 13.8 Å². The van der Waals surface area contributed by atoms with Crippen LogP contribution in [-0.2, 0) is 19.4 Å². The normalized spacial score (nSPS) is 11.0. The highest BCUT2D eigenvalue weighted by atomic mass is 127. The van der Waals surface area contributed by atoms with Gasteiger partial charge in [0.15, 0.2) is 0 Å². The highest BCUT2D eigenvalue weighted by Crippen LogP contribution is 2.20. The lowest BCUT2D eigenvalue weighted by molar-refractivity contribution is 0.558. The molecule has 0 saturated heterocycles. The topological polar surface area (TPSA) is 17.8 Å². The van der Waals surface area contributed by atoms with E-state index in [0.717, 1.165) is 39.9 Å². The van der Waals surface area contributed by atoms with Crippen LogP contribution in [0.3, 0.4) is 0 Å². The molecule has 0 N–H and O–H groups in total. The molecule has 1 aromatic heterocycles. The maximum Gasteiger partial charge on any atom is 0.128 e. The predicted octanol–water partition coefficient (Wildman–Crippen LogP) is 3.94. The van der Waals surface area contributed by atoms with Gasteiger partial charge >= 0.3 is 0 Å². The van der Waals surface area contributed by atoms with E-state index in [4.69, 9.17) is 0 Å². The molecular weight excluding hydrogens is 361 g/mol. The van der Waals surface area contributed by atoms with Crippen LogP contribution >= 0.6 is 22.6 Å². The molecule has 0 atom stereocenters. The lowest BCUT2D eigenvalue weighted by Crippen LogP contribution is -2.08. The van der Waals surface area contributed by atoms with Gasteiger partial charge in [0.05, 0.1) is 21.5 Å². The average Bonchev–Trinajstić information content (AvgIpc) is 2.69. The van der Waals surface area contributed by atoms with Crippen molar-refractivity contribution in [2.45, 2.75) is 33.2 Å². The maximum atomic E-state index is 13.7. The number of rotatable bonds is 4. The first-order valence-electron chi connectivity index (χ1n) is 6.24. The summed E-state index contributed by atoms with van der Waals surface area (Å²) in [5, 5.41) is 4.49. The number of hydrogen-bond donors (Lipinski definition) is 0. The smallest absolute Gasteiger partial charge is 0.128 e. The summed E-state index contributed by atoms with van der Waals surface area (Å²) in [7, 11) is 0. The van der Waals surface area contributed by atoms with Gasteiger partial charge in [-0.25, -0.2) is 8.78 Å². The van der Waals surface area contributed by atoms with Crippen molar-refractivity contribution in [3.8, 4) is 0 Å². The number of hydrogen-bond acceptors (Lipinski definition) is 1. The first kappa shape index (κ1) is 14.4. The van der Waals surface area contributed by atoms with Crippen LogP contribution in [0.4, 0.5) is 8.78 Å². The van der Waals surface area contributed by atoms with Crippen LogP contribution in [0.5, 0.6) is 0 Å². The van der Waals surface area contributed by atoms with Gasteiger partial charge < -0.3 is 0 Å². The Morgan fingerprint density at radius 3 is 2.58 bits per heavy atom. The molecule has 0 aliphatic heterocycles. The summed E-state index contributed by atoms with van der Waals surface area (Å²) in [6.07, 6.45) is 1.66. The summed E-state index contributed by atoms with van der Waals surface area (Å²) < 4.78 is 29.8. The summed E-state index contributed by atoms with van der Waals surface area (Å²) in [5.74, 6) is -0.820. The van der Waals surface area contributed by atoms with Crippen LogP contribution in [0, 0.1) is 15.2 Å². The van der Waals surface area contributed by atoms with Crippen molar-refractivity contribution in [1.29, 1.82) is 0 Å². The van der Waals surface area contributed by atoms with Crippen LogP contribution < -0.4 is 0 Å². The third-order valence-electron chi connectivity index (χ3n) is 3.06. The standard InChI is InChI=1S/C14H15F2IN2/c1-3-12-14(17)13(4-2)19(18-12)8-9-7-10(15)5-6-11(9)16/h5-7H,3-4,8H2,1-2H3. The number of benzene rings is 1. The zero-order chi connectivity index (χ0) is 14.0. The molecule has 102 valence electrons. The summed E-state index contributed by atoms with van der Waals surface area (Å²) in [6, 6.07) is 3.52. The summed E-state index contributed by atoms with van der Waals surface area (Å²) in [4.78, 5) is 0. The Kier molecular flexibility index (Phi) is 4.54. The number of aromatic nitrogens is 2. The lowest BCUT2D eigenvalue weighted by Gasteiger charge is -2.07. The SMILES string of the molecule is CCc1nn(Cc2cc(F)ccc2F)c(CC)c1I. The molecule has 0 fully saturated rings. The van der Waals surface area contributed by atoms with Gasteiger partial charge in [-0.1, -0.05) is 13.8 Å². The Balaban J connectivity index is 2.40. The molecule has 0 bridgehead atoms. The minimum absolute atomic E-state index is 0.267. The molecule has 0 spiro atoms. The van der Waals surface area contributed by atoms with E-state index in [1.165, 1.54) is 6.07 Å². The van der Waals surface area contributed by atoms with Crippen LogP contribution in [0.2, 0.25) is 0 Å². The van der Waals surface area contributed by atoms with Crippen LogP contribution in [0.15, 0.2) is 18.2 Å². The molecule has 2 nitrogen and oxygen atoms in total. The molecule has 0 aliphatic rings. The van der Waals surface area contributed by atoms with Gasteiger partial charge in [-0.3, -0.25) is 4.68 Å². The molecule has 5 heteroatoms. The van der Waals surface area contributed by atoms with E-state index in [-0.39, 0.29) is 6.54 Å². The van der Waals surface area contributed by atoms with E-state index >= 15 is 0 Å². The minimum atomic E-state index is -0.424. The van der Waals surface area contributed by atoms with E-state index < -0.39 is 11.6 Å². The second-order valence-corrected chi connectivity index (χ2v) is 5.39. The van der Waals surface area contributed by atoms with Crippen molar-refractivity contribution in [2.24, 2.45) is 0 Å². The largest absolute Gasteiger partial charge is 0.264 e. The van der Waals surface area contributed by atoms with Gasteiger partial charge in [0.25, 0.3) is 0 Å². The van der Waals surface area contributed by atoms with E-state index in [2.05, 4.69) is 27.7 Å². The Bertz CT molecular complexity index is 593. The van der Waals surface area contributed by atoms with Crippen LogP contribution in [-0.4, -0.2) is 9.78 Å². The third kappa shape index (κ3) is 2.96. The molecule has 0 saturated carbocycles. The summed E-state index contributed by atoms with van der Waals surface area (Å²) in [6.45, 7) is 4.34. The van der Waals surface area contributed by atoms with Gasteiger partial charge in [0.1, 0.15) is 11.6 Å². The number of aryl methyl sites for hydroxylation is 1. The van der Waals surface area contributed by atoms with Crippen LogP contribution in [0.1, 0.15) is 30.8 Å². The second kappa shape index (κ2) is 5.98. The van der Waals surface area contributed by atoms with E-state index in [9.17, 15) is 8.78 Å². The van der Waals surface area contributed by atoms with Crippen molar-refractivity contribution in [3.63, 3.8) is 0 Å². The molecule has 0 amide bonds. The molecule has 1 heterocycles. The fourth-order valence-corrected chi connectivity index (χ4v) is 3.20.